The maximum absolute atomic E-state index is 10.8. The molecule has 8 heteroatoms. The zero-order valence-corrected chi connectivity index (χ0v) is 12.3. The minimum absolute atomic E-state index is 0.0637. The van der Waals surface area contributed by atoms with Gasteiger partial charge in [-0.3, -0.25) is 20.5 Å². The van der Waals surface area contributed by atoms with E-state index in [-0.39, 0.29) is 18.1 Å². The molecule has 3 N–H and O–H groups in total. The van der Waals surface area contributed by atoms with Crippen molar-refractivity contribution in [3.8, 4) is 5.75 Å². The fourth-order valence-corrected chi connectivity index (χ4v) is 2.03. The minimum Gasteiger partial charge on any atom is -0.487 e. The van der Waals surface area contributed by atoms with Gasteiger partial charge in [0.25, 0.3) is 5.69 Å². The number of nitrogens with one attached hydrogen (secondary N) is 1. The lowest BCUT2D eigenvalue weighted by Crippen LogP contribution is -2.16. The van der Waals surface area contributed by atoms with Gasteiger partial charge in [0.15, 0.2) is 0 Å². The van der Waals surface area contributed by atoms with Crippen molar-refractivity contribution in [3.05, 3.63) is 62.4 Å². The largest absolute Gasteiger partial charge is 0.487 e. The number of nitrogens with two attached hydrogens (primary N) is 1. The molecule has 2 aromatic rings. The SMILES string of the molecule is N=C(N)c1ncccc1COc1cc([N+](=O)[O-])ccc1Br. The average Bonchev–Trinajstić information content (AvgIpc) is 2.46. The normalized spacial score (nSPS) is 10.1. The highest BCUT2D eigenvalue weighted by molar-refractivity contribution is 9.10. The van der Waals surface area contributed by atoms with Crippen LogP contribution in [0.1, 0.15) is 11.3 Å². The van der Waals surface area contributed by atoms with Crippen LogP contribution in [0.5, 0.6) is 5.75 Å². The molecule has 0 fully saturated rings. The van der Waals surface area contributed by atoms with E-state index < -0.39 is 4.92 Å². The Bertz CT molecular complexity index is 706. The van der Waals surface area contributed by atoms with Crippen LogP contribution >= 0.6 is 15.9 Å². The second kappa shape index (κ2) is 6.31. The summed E-state index contributed by atoms with van der Waals surface area (Å²) in [6.07, 6.45) is 1.53. The zero-order chi connectivity index (χ0) is 15.4. The van der Waals surface area contributed by atoms with Gasteiger partial charge in [0, 0.05) is 17.8 Å². The van der Waals surface area contributed by atoms with Gasteiger partial charge in [0.2, 0.25) is 0 Å². The van der Waals surface area contributed by atoms with Gasteiger partial charge >= 0.3 is 0 Å². The molecule has 0 amide bonds. The molecule has 21 heavy (non-hydrogen) atoms. The Hall–Kier alpha value is -2.48. The number of amidine groups is 1. The van der Waals surface area contributed by atoms with Crippen molar-refractivity contribution in [1.82, 2.24) is 4.98 Å². The molecule has 1 heterocycles. The van der Waals surface area contributed by atoms with Gasteiger partial charge in [0.1, 0.15) is 23.9 Å². The summed E-state index contributed by atoms with van der Waals surface area (Å²) in [5.41, 5.74) is 6.34. The fourth-order valence-electron chi connectivity index (χ4n) is 1.67. The van der Waals surface area contributed by atoms with Crippen LogP contribution in [0.15, 0.2) is 41.0 Å². The number of hydrogen-bond donors (Lipinski definition) is 2. The summed E-state index contributed by atoms with van der Waals surface area (Å²) in [6.45, 7) is 0.0997. The molecule has 7 nitrogen and oxygen atoms in total. The highest BCUT2D eigenvalue weighted by Crippen LogP contribution is 2.30. The maximum atomic E-state index is 10.8. The first kappa shape index (κ1) is 14.9. The lowest BCUT2D eigenvalue weighted by molar-refractivity contribution is -0.385. The zero-order valence-electron chi connectivity index (χ0n) is 10.7. The summed E-state index contributed by atoms with van der Waals surface area (Å²) in [5.74, 6) is 0.176. The highest BCUT2D eigenvalue weighted by atomic mass is 79.9. The Morgan fingerprint density at radius 1 is 1.48 bits per heavy atom. The summed E-state index contributed by atoms with van der Waals surface area (Å²) in [5, 5.41) is 18.2. The lowest BCUT2D eigenvalue weighted by Gasteiger charge is -2.10. The lowest BCUT2D eigenvalue weighted by atomic mass is 10.2. The summed E-state index contributed by atoms with van der Waals surface area (Å²) in [7, 11) is 0. The van der Waals surface area contributed by atoms with Crippen molar-refractivity contribution in [1.29, 1.82) is 5.41 Å². The average molecular weight is 351 g/mol. The van der Waals surface area contributed by atoms with Crippen LogP contribution in [0.25, 0.3) is 0 Å². The van der Waals surface area contributed by atoms with Crippen LogP contribution < -0.4 is 10.5 Å². The van der Waals surface area contributed by atoms with Crippen LogP contribution in [0.3, 0.4) is 0 Å². The van der Waals surface area contributed by atoms with E-state index in [1.54, 1.807) is 18.2 Å². The van der Waals surface area contributed by atoms with Crippen molar-refractivity contribution in [2.24, 2.45) is 5.73 Å². The van der Waals surface area contributed by atoms with Crippen molar-refractivity contribution < 1.29 is 9.66 Å². The van der Waals surface area contributed by atoms with Crippen molar-refractivity contribution in [2.45, 2.75) is 6.61 Å². The van der Waals surface area contributed by atoms with Gasteiger partial charge in [-0.05, 0) is 28.1 Å². The molecule has 0 aliphatic heterocycles. The number of hydrogen-bond acceptors (Lipinski definition) is 5. The van der Waals surface area contributed by atoms with Crippen molar-refractivity contribution >= 4 is 27.5 Å². The molecule has 0 aliphatic carbocycles. The summed E-state index contributed by atoms with van der Waals surface area (Å²) in [6, 6.07) is 7.68. The Morgan fingerprint density at radius 3 is 2.90 bits per heavy atom. The number of nitrogens with zero attached hydrogens (tertiary/aromatic N) is 2. The van der Waals surface area contributed by atoms with Gasteiger partial charge in [-0.25, -0.2) is 0 Å². The van der Waals surface area contributed by atoms with Crippen molar-refractivity contribution in [3.63, 3.8) is 0 Å². The van der Waals surface area contributed by atoms with Crippen LogP contribution in [-0.4, -0.2) is 15.7 Å². The molecule has 0 spiro atoms. The number of rotatable bonds is 5. The Morgan fingerprint density at radius 2 is 2.24 bits per heavy atom. The van der Waals surface area contributed by atoms with Crippen LogP contribution in [0, 0.1) is 15.5 Å². The third-order valence-electron chi connectivity index (χ3n) is 2.66. The maximum Gasteiger partial charge on any atom is 0.273 e. The third kappa shape index (κ3) is 3.54. The second-order valence-corrected chi connectivity index (χ2v) is 4.94. The smallest absolute Gasteiger partial charge is 0.273 e. The Labute approximate surface area is 128 Å². The van der Waals surface area contributed by atoms with Crippen LogP contribution in [0.2, 0.25) is 0 Å². The van der Waals surface area contributed by atoms with E-state index >= 15 is 0 Å². The van der Waals surface area contributed by atoms with Gasteiger partial charge < -0.3 is 10.5 Å². The molecule has 1 aromatic carbocycles. The standard InChI is InChI=1S/C13H11BrN4O3/c14-10-4-3-9(18(19)20)6-11(10)21-7-8-2-1-5-17-12(8)13(15)16/h1-6H,7H2,(H3,15,16). The Kier molecular flexibility index (Phi) is 4.49. The summed E-state index contributed by atoms with van der Waals surface area (Å²) >= 11 is 3.27. The first-order valence-corrected chi connectivity index (χ1v) is 6.63. The number of ether oxygens (including phenoxy) is 1. The molecular weight excluding hydrogens is 340 g/mol. The fraction of sp³-hybridized carbons (Fsp3) is 0.0769. The summed E-state index contributed by atoms with van der Waals surface area (Å²) < 4.78 is 6.16. The highest BCUT2D eigenvalue weighted by Gasteiger charge is 2.12. The molecule has 0 saturated carbocycles. The van der Waals surface area contributed by atoms with Crippen LogP contribution in [0.4, 0.5) is 5.69 Å². The van der Waals surface area contributed by atoms with Gasteiger partial charge in [0.05, 0.1) is 15.5 Å². The molecule has 0 aliphatic rings. The number of nitro benzene ring substituents is 1. The first-order chi connectivity index (χ1) is 9.99. The topological polar surface area (TPSA) is 115 Å². The number of nitrogen functional groups attached to an aromatic ring is 1. The monoisotopic (exact) mass is 350 g/mol. The molecule has 0 atom stereocenters. The minimum atomic E-state index is -0.496. The predicted octanol–water partition coefficient (Wildman–Crippen LogP) is 2.62. The number of benzene rings is 1. The van der Waals surface area contributed by atoms with E-state index in [1.807, 2.05) is 0 Å². The molecule has 1 aromatic heterocycles. The number of pyridine rings is 1. The van der Waals surface area contributed by atoms with E-state index in [0.717, 1.165) is 0 Å². The van der Waals surface area contributed by atoms with Crippen molar-refractivity contribution in [2.75, 3.05) is 0 Å². The molecule has 0 unspecified atom stereocenters. The first-order valence-electron chi connectivity index (χ1n) is 5.84. The second-order valence-electron chi connectivity index (χ2n) is 4.09. The predicted molar refractivity (Wildman–Crippen MR) is 80.4 cm³/mol. The number of non-ortho nitro benzene ring substituents is 1. The Balaban J connectivity index is 2.22. The molecule has 0 radical (unpaired) electrons. The van der Waals surface area contributed by atoms with E-state index in [9.17, 15) is 10.1 Å². The van der Waals surface area contributed by atoms with Gasteiger partial charge in [-0.1, -0.05) is 6.07 Å². The molecule has 0 bridgehead atoms. The quantitative estimate of drug-likeness (QED) is 0.372. The van der Waals surface area contributed by atoms with E-state index in [0.29, 0.717) is 21.5 Å². The van der Waals surface area contributed by atoms with E-state index in [4.69, 9.17) is 15.9 Å². The number of halogens is 1. The molecule has 108 valence electrons. The molecule has 2 rings (SSSR count). The van der Waals surface area contributed by atoms with E-state index in [2.05, 4.69) is 20.9 Å². The number of aromatic nitrogens is 1. The molecular formula is C13H11BrN4O3. The van der Waals surface area contributed by atoms with Gasteiger partial charge in [-0.15, -0.1) is 0 Å². The molecule has 0 saturated heterocycles. The van der Waals surface area contributed by atoms with E-state index in [1.165, 1.54) is 18.3 Å². The summed E-state index contributed by atoms with van der Waals surface area (Å²) in [4.78, 5) is 14.3. The van der Waals surface area contributed by atoms with Crippen LogP contribution in [-0.2, 0) is 6.61 Å². The third-order valence-corrected chi connectivity index (χ3v) is 3.31. The van der Waals surface area contributed by atoms with Gasteiger partial charge in [-0.2, -0.15) is 0 Å². The number of nitro groups is 1.